The van der Waals surface area contributed by atoms with Crippen LogP contribution >= 0.6 is 12.2 Å². The van der Waals surface area contributed by atoms with Gasteiger partial charge in [-0.05, 0) is 12.1 Å². The van der Waals surface area contributed by atoms with Gasteiger partial charge in [-0.2, -0.15) is 0 Å². The second kappa shape index (κ2) is 3.40. The van der Waals surface area contributed by atoms with Crippen LogP contribution in [-0.2, 0) is 0 Å². The molecule has 0 aromatic carbocycles. The first-order valence-electron chi connectivity index (χ1n) is 3.79. The monoisotopic (exact) mass is 192 g/mol. The number of anilines is 1. The number of aromatic nitrogens is 3. The van der Waals surface area contributed by atoms with Crippen molar-refractivity contribution >= 4 is 23.0 Å². The van der Waals surface area contributed by atoms with Gasteiger partial charge in [0, 0.05) is 6.20 Å². The Morgan fingerprint density at radius 3 is 3.00 bits per heavy atom. The lowest BCUT2D eigenvalue weighted by molar-refractivity contribution is 1.30. The van der Waals surface area contributed by atoms with Gasteiger partial charge in [-0.3, -0.25) is 0 Å². The summed E-state index contributed by atoms with van der Waals surface area (Å²) in [6.07, 6.45) is 5.11. The number of H-pyrrole nitrogens is 2. The predicted octanol–water partition coefficient (Wildman–Crippen LogP) is 1.53. The van der Waals surface area contributed by atoms with Crippen LogP contribution < -0.4 is 5.32 Å². The van der Waals surface area contributed by atoms with Crippen molar-refractivity contribution in [3.8, 4) is 0 Å². The van der Waals surface area contributed by atoms with Crippen LogP contribution in [0.1, 0.15) is 5.69 Å². The molecule has 0 unspecified atom stereocenters. The van der Waals surface area contributed by atoms with Crippen LogP contribution in [0.15, 0.2) is 30.9 Å². The number of thiocarbonyl (C=S) groups is 1. The van der Waals surface area contributed by atoms with Gasteiger partial charge in [0.1, 0.15) is 10.8 Å². The maximum Gasteiger partial charge on any atom is 0.130 e. The van der Waals surface area contributed by atoms with Gasteiger partial charge in [0.15, 0.2) is 0 Å². The molecule has 2 aromatic heterocycles. The molecule has 0 aliphatic carbocycles. The van der Waals surface area contributed by atoms with E-state index in [1.807, 2.05) is 18.3 Å². The van der Waals surface area contributed by atoms with E-state index in [2.05, 4.69) is 20.3 Å². The highest BCUT2D eigenvalue weighted by atomic mass is 32.1. The molecule has 0 bridgehead atoms. The Bertz CT molecular complexity index is 376. The number of hydrogen-bond acceptors (Lipinski definition) is 2. The summed E-state index contributed by atoms with van der Waals surface area (Å²) in [7, 11) is 0. The van der Waals surface area contributed by atoms with Gasteiger partial charge < -0.3 is 15.3 Å². The fraction of sp³-hybridized carbons (Fsp3) is 0. The number of nitrogens with one attached hydrogen (secondary N) is 3. The van der Waals surface area contributed by atoms with E-state index in [9.17, 15) is 0 Å². The highest BCUT2D eigenvalue weighted by molar-refractivity contribution is 7.81. The maximum absolute atomic E-state index is 5.12. The first-order chi connectivity index (χ1) is 6.36. The topological polar surface area (TPSA) is 56.5 Å². The minimum Gasteiger partial charge on any atom is -0.348 e. The van der Waals surface area contributed by atoms with Gasteiger partial charge in [0.25, 0.3) is 0 Å². The molecule has 3 N–H and O–H groups in total. The van der Waals surface area contributed by atoms with Crippen molar-refractivity contribution in [3.05, 3.63) is 36.5 Å². The van der Waals surface area contributed by atoms with Gasteiger partial charge in [-0.1, -0.05) is 12.2 Å². The molecule has 2 aromatic rings. The van der Waals surface area contributed by atoms with E-state index in [1.165, 1.54) is 0 Å². The van der Waals surface area contributed by atoms with Crippen molar-refractivity contribution in [2.45, 2.75) is 0 Å². The molecule has 2 rings (SSSR count). The summed E-state index contributed by atoms with van der Waals surface area (Å²) in [5.41, 5.74) is 0.810. The molecule has 0 fully saturated rings. The number of hydrogen-bond donors (Lipinski definition) is 3. The molecule has 0 atom stereocenters. The Kier molecular flexibility index (Phi) is 2.09. The Morgan fingerprint density at radius 2 is 2.38 bits per heavy atom. The first-order valence-corrected chi connectivity index (χ1v) is 4.20. The molecule has 0 radical (unpaired) electrons. The summed E-state index contributed by atoms with van der Waals surface area (Å²) in [4.78, 5) is 10.4. The summed E-state index contributed by atoms with van der Waals surface area (Å²) in [5, 5.41) is 3.03. The normalized spacial score (nSPS) is 9.85. The fourth-order valence-electron chi connectivity index (χ4n) is 0.978. The zero-order chi connectivity index (χ0) is 9.10. The Hall–Kier alpha value is -1.62. The third-order valence-corrected chi connectivity index (χ3v) is 1.91. The molecule has 5 heteroatoms. The molecule has 0 amide bonds. The van der Waals surface area contributed by atoms with Crippen LogP contribution in [0.5, 0.6) is 0 Å². The second-order valence-corrected chi connectivity index (χ2v) is 2.91. The van der Waals surface area contributed by atoms with Crippen molar-refractivity contribution in [1.29, 1.82) is 0 Å². The second-order valence-electron chi connectivity index (χ2n) is 2.50. The zero-order valence-corrected chi connectivity index (χ0v) is 7.56. The van der Waals surface area contributed by atoms with Crippen molar-refractivity contribution in [2.75, 3.05) is 5.32 Å². The summed E-state index contributed by atoms with van der Waals surface area (Å²) < 4.78 is 0. The zero-order valence-electron chi connectivity index (χ0n) is 6.74. The molecule has 2 heterocycles. The van der Waals surface area contributed by atoms with Crippen molar-refractivity contribution in [3.63, 3.8) is 0 Å². The summed E-state index contributed by atoms with van der Waals surface area (Å²) in [5.74, 6) is 0.875. The fourth-order valence-corrected chi connectivity index (χ4v) is 1.20. The van der Waals surface area contributed by atoms with Crippen LogP contribution in [0.2, 0.25) is 0 Å². The standard InChI is InChI=1S/C8H8N4S/c13-8(6-4-9-5-11-6)12-7-2-1-3-10-7/h1-5,10H,(H,9,11)(H,12,13). The highest BCUT2D eigenvalue weighted by Crippen LogP contribution is 2.04. The lowest BCUT2D eigenvalue weighted by atomic mass is 10.4. The van der Waals surface area contributed by atoms with Gasteiger partial charge in [0.2, 0.25) is 0 Å². The summed E-state index contributed by atoms with van der Waals surface area (Å²) in [6, 6.07) is 3.81. The molecule has 0 spiro atoms. The van der Waals surface area contributed by atoms with E-state index in [-0.39, 0.29) is 0 Å². The van der Waals surface area contributed by atoms with Gasteiger partial charge in [0.05, 0.1) is 18.2 Å². The number of imidazole rings is 1. The molecule has 0 aliphatic rings. The third kappa shape index (κ3) is 1.75. The minimum absolute atomic E-state index is 0.625. The van der Waals surface area contributed by atoms with Gasteiger partial charge in [-0.15, -0.1) is 0 Å². The molecule has 0 aliphatic heterocycles. The molecule has 66 valence electrons. The Balaban J connectivity index is 2.08. The van der Waals surface area contributed by atoms with Crippen LogP contribution in [0, 0.1) is 0 Å². The number of rotatable bonds is 2. The van der Waals surface area contributed by atoms with Crippen LogP contribution in [-0.4, -0.2) is 19.9 Å². The van der Waals surface area contributed by atoms with E-state index in [4.69, 9.17) is 12.2 Å². The SMILES string of the molecule is S=C(Nc1ccc[nH]1)c1cnc[nH]1. The van der Waals surface area contributed by atoms with Gasteiger partial charge >= 0.3 is 0 Å². The largest absolute Gasteiger partial charge is 0.348 e. The number of nitrogens with zero attached hydrogens (tertiary/aromatic N) is 1. The van der Waals surface area contributed by atoms with Crippen LogP contribution in [0.3, 0.4) is 0 Å². The van der Waals surface area contributed by atoms with E-state index in [1.54, 1.807) is 12.5 Å². The quantitative estimate of drug-likeness (QED) is 0.632. The summed E-state index contributed by atoms with van der Waals surface area (Å²) >= 11 is 5.12. The average Bonchev–Trinajstić information content (AvgIpc) is 2.74. The average molecular weight is 192 g/mol. The van der Waals surface area contributed by atoms with E-state index >= 15 is 0 Å². The smallest absolute Gasteiger partial charge is 0.130 e. The van der Waals surface area contributed by atoms with Crippen LogP contribution in [0.25, 0.3) is 0 Å². The minimum atomic E-state index is 0.625. The van der Waals surface area contributed by atoms with Crippen molar-refractivity contribution in [2.24, 2.45) is 0 Å². The maximum atomic E-state index is 5.12. The highest BCUT2D eigenvalue weighted by Gasteiger charge is 2.01. The predicted molar refractivity (Wildman–Crippen MR) is 54.7 cm³/mol. The third-order valence-electron chi connectivity index (χ3n) is 1.59. The Morgan fingerprint density at radius 1 is 1.46 bits per heavy atom. The lowest BCUT2D eigenvalue weighted by Crippen LogP contribution is -2.10. The molecular formula is C8H8N4S. The molecule has 0 saturated carbocycles. The van der Waals surface area contributed by atoms with E-state index in [0.717, 1.165) is 11.5 Å². The van der Waals surface area contributed by atoms with Crippen molar-refractivity contribution in [1.82, 2.24) is 15.0 Å². The number of aromatic amines is 2. The van der Waals surface area contributed by atoms with Gasteiger partial charge in [-0.25, -0.2) is 4.98 Å². The van der Waals surface area contributed by atoms with Crippen molar-refractivity contribution < 1.29 is 0 Å². The molecular weight excluding hydrogens is 184 g/mol. The van der Waals surface area contributed by atoms with Crippen LogP contribution in [0.4, 0.5) is 5.82 Å². The molecule has 4 nitrogen and oxygen atoms in total. The van der Waals surface area contributed by atoms with E-state index in [0.29, 0.717) is 4.99 Å². The lowest BCUT2D eigenvalue weighted by Gasteiger charge is -2.01. The molecule has 0 saturated heterocycles. The Labute approximate surface area is 80.4 Å². The van der Waals surface area contributed by atoms with E-state index < -0.39 is 0 Å². The molecule has 13 heavy (non-hydrogen) atoms. The summed E-state index contributed by atoms with van der Waals surface area (Å²) in [6.45, 7) is 0. The first kappa shape index (κ1) is 8.00.